The van der Waals surface area contributed by atoms with Crippen molar-refractivity contribution < 1.29 is 4.79 Å². The van der Waals surface area contributed by atoms with Crippen molar-refractivity contribution in [1.82, 2.24) is 10.3 Å². The lowest BCUT2D eigenvalue weighted by Gasteiger charge is -2.14. The molecule has 1 aromatic heterocycles. The zero-order chi connectivity index (χ0) is 12.8. The van der Waals surface area contributed by atoms with Crippen LogP contribution in [0.3, 0.4) is 0 Å². The highest BCUT2D eigenvalue weighted by atomic mass is 16.1. The Balaban J connectivity index is 2.64. The summed E-state index contributed by atoms with van der Waals surface area (Å²) in [7, 11) is 0. The summed E-state index contributed by atoms with van der Waals surface area (Å²) >= 11 is 0. The van der Waals surface area contributed by atoms with Gasteiger partial charge in [0.25, 0.3) is 5.91 Å². The van der Waals surface area contributed by atoms with E-state index in [-0.39, 0.29) is 5.91 Å². The monoisotopic (exact) mass is 234 g/mol. The minimum atomic E-state index is -0.0121. The lowest BCUT2D eigenvalue weighted by molar-refractivity contribution is 0.0945. The molecule has 1 rings (SSSR count). The molecule has 0 radical (unpaired) electrons. The van der Waals surface area contributed by atoms with E-state index in [2.05, 4.69) is 24.1 Å². The summed E-state index contributed by atoms with van der Waals surface area (Å²) in [5.74, 6) is 0.555. The Kier molecular flexibility index (Phi) is 5.13. The molecule has 0 bridgehead atoms. The quantitative estimate of drug-likeness (QED) is 0.851. The van der Waals surface area contributed by atoms with Gasteiger partial charge in [-0.15, -0.1) is 0 Å². The van der Waals surface area contributed by atoms with E-state index < -0.39 is 0 Å². The van der Waals surface area contributed by atoms with Crippen LogP contribution in [0.2, 0.25) is 0 Å². The van der Waals surface area contributed by atoms with E-state index in [4.69, 9.17) is 0 Å². The van der Waals surface area contributed by atoms with E-state index in [0.29, 0.717) is 11.5 Å². The predicted molar refractivity (Wildman–Crippen MR) is 70.1 cm³/mol. The second kappa shape index (κ2) is 6.38. The topological polar surface area (TPSA) is 42.0 Å². The van der Waals surface area contributed by atoms with Crippen LogP contribution in [0.1, 0.15) is 48.4 Å². The smallest absolute Gasteiger partial charge is 0.253 e. The Bertz CT molecular complexity index is 384. The summed E-state index contributed by atoms with van der Waals surface area (Å²) in [6, 6.07) is 3.72. The number of pyridine rings is 1. The largest absolute Gasteiger partial charge is 0.352 e. The van der Waals surface area contributed by atoms with Gasteiger partial charge in [-0.25, -0.2) is 0 Å². The molecule has 0 saturated heterocycles. The van der Waals surface area contributed by atoms with Crippen LogP contribution in [0, 0.1) is 19.8 Å². The average Bonchev–Trinajstić information content (AvgIpc) is 2.30. The zero-order valence-electron chi connectivity index (χ0n) is 11.2. The molecule has 94 valence electrons. The highest BCUT2D eigenvalue weighted by Gasteiger charge is 2.11. The average molecular weight is 234 g/mol. The van der Waals surface area contributed by atoms with Gasteiger partial charge in [-0.3, -0.25) is 9.78 Å². The van der Waals surface area contributed by atoms with Crippen LogP contribution in [0.25, 0.3) is 0 Å². The van der Waals surface area contributed by atoms with Crippen molar-refractivity contribution in [3.63, 3.8) is 0 Å². The van der Waals surface area contributed by atoms with Crippen molar-refractivity contribution in [2.45, 2.75) is 40.5 Å². The molecule has 0 atom stereocenters. The molecule has 0 unspecified atom stereocenters. The number of carbonyl (C=O) groups is 1. The molecule has 3 heteroatoms. The number of carbonyl (C=O) groups excluding carboxylic acids is 1. The molecular weight excluding hydrogens is 212 g/mol. The molecule has 0 fully saturated rings. The molecule has 0 aromatic carbocycles. The van der Waals surface area contributed by atoms with Gasteiger partial charge in [-0.2, -0.15) is 0 Å². The Morgan fingerprint density at radius 3 is 2.47 bits per heavy atom. The Morgan fingerprint density at radius 1 is 1.29 bits per heavy atom. The van der Waals surface area contributed by atoms with Crippen LogP contribution in [0.15, 0.2) is 12.1 Å². The third-order valence-corrected chi connectivity index (χ3v) is 3.18. The van der Waals surface area contributed by atoms with Gasteiger partial charge in [0, 0.05) is 12.2 Å². The van der Waals surface area contributed by atoms with Gasteiger partial charge in [0.1, 0.15) is 0 Å². The lowest BCUT2D eigenvalue weighted by Crippen LogP contribution is -2.29. The van der Waals surface area contributed by atoms with E-state index >= 15 is 0 Å². The lowest BCUT2D eigenvalue weighted by atomic mass is 10.0. The fourth-order valence-electron chi connectivity index (χ4n) is 1.84. The third-order valence-electron chi connectivity index (χ3n) is 3.18. The van der Waals surface area contributed by atoms with E-state index in [1.807, 2.05) is 26.0 Å². The predicted octanol–water partition coefficient (Wildman–Crippen LogP) is 2.86. The Hall–Kier alpha value is -1.38. The van der Waals surface area contributed by atoms with Crippen LogP contribution in [0.5, 0.6) is 0 Å². The van der Waals surface area contributed by atoms with Gasteiger partial charge < -0.3 is 5.32 Å². The molecule has 1 amide bonds. The van der Waals surface area contributed by atoms with Crippen molar-refractivity contribution >= 4 is 5.91 Å². The van der Waals surface area contributed by atoms with Crippen LogP contribution in [-0.4, -0.2) is 17.4 Å². The van der Waals surface area contributed by atoms with Crippen molar-refractivity contribution in [3.05, 3.63) is 29.1 Å². The minimum absolute atomic E-state index is 0.0121. The second-order valence-electron chi connectivity index (χ2n) is 4.48. The van der Waals surface area contributed by atoms with Crippen LogP contribution < -0.4 is 5.32 Å². The number of nitrogens with zero attached hydrogens (tertiary/aromatic N) is 1. The normalized spacial score (nSPS) is 10.6. The van der Waals surface area contributed by atoms with Gasteiger partial charge in [-0.1, -0.05) is 26.7 Å². The summed E-state index contributed by atoms with van der Waals surface area (Å²) in [6.07, 6.45) is 2.20. The van der Waals surface area contributed by atoms with Crippen LogP contribution in [0.4, 0.5) is 0 Å². The van der Waals surface area contributed by atoms with Crippen LogP contribution in [-0.2, 0) is 0 Å². The summed E-state index contributed by atoms with van der Waals surface area (Å²) in [5, 5.41) is 2.98. The molecule has 17 heavy (non-hydrogen) atoms. The number of aromatic nitrogens is 1. The maximum atomic E-state index is 12.0. The Morgan fingerprint density at radius 2 is 1.94 bits per heavy atom. The van der Waals surface area contributed by atoms with Crippen molar-refractivity contribution in [3.8, 4) is 0 Å². The maximum Gasteiger partial charge on any atom is 0.253 e. The number of nitrogens with one attached hydrogen (secondary N) is 1. The van der Waals surface area contributed by atoms with Crippen molar-refractivity contribution in [2.75, 3.05) is 6.54 Å². The zero-order valence-corrected chi connectivity index (χ0v) is 11.2. The molecule has 1 heterocycles. The van der Waals surface area contributed by atoms with Gasteiger partial charge in [0.2, 0.25) is 0 Å². The molecule has 1 aromatic rings. The fraction of sp³-hybridized carbons (Fsp3) is 0.571. The molecule has 1 N–H and O–H groups in total. The van der Waals surface area contributed by atoms with Gasteiger partial charge >= 0.3 is 0 Å². The standard InChI is InChI=1S/C14H22N2O/c1-5-12(6-2)9-15-14(17)13-8-7-10(3)16-11(13)4/h7-8,12H,5-6,9H2,1-4H3,(H,15,17). The molecule has 0 spiro atoms. The number of hydrogen-bond donors (Lipinski definition) is 1. The molecule has 0 aliphatic carbocycles. The third kappa shape index (κ3) is 3.84. The maximum absolute atomic E-state index is 12.0. The van der Waals surface area contributed by atoms with Gasteiger partial charge in [0.05, 0.1) is 11.3 Å². The van der Waals surface area contributed by atoms with Gasteiger partial charge in [0.15, 0.2) is 0 Å². The van der Waals surface area contributed by atoms with E-state index in [1.165, 1.54) is 0 Å². The van der Waals surface area contributed by atoms with Crippen molar-refractivity contribution in [1.29, 1.82) is 0 Å². The first-order valence-corrected chi connectivity index (χ1v) is 6.30. The Labute approximate surface area is 104 Å². The first kappa shape index (κ1) is 13.7. The molecule has 0 aliphatic heterocycles. The second-order valence-corrected chi connectivity index (χ2v) is 4.48. The number of hydrogen-bond acceptors (Lipinski definition) is 2. The highest BCUT2D eigenvalue weighted by molar-refractivity contribution is 5.95. The van der Waals surface area contributed by atoms with Gasteiger partial charge in [-0.05, 0) is 31.9 Å². The van der Waals surface area contributed by atoms with E-state index in [1.54, 1.807) is 0 Å². The minimum Gasteiger partial charge on any atom is -0.352 e. The van der Waals surface area contributed by atoms with E-state index in [0.717, 1.165) is 30.8 Å². The summed E-state index contributed by atoms with van der Waals surface area (Å²) in [4.78, 5) is 16.3. The number of amides is 1. The SMILES string of the molecule is CCC(CC)CNC(=O)c1ccc(C)nc1C. The number of aryl methyl sites for hydroxylation is 2. The van der Waals surface area contributed by atoms with Crippen LogP contribution >= 0.6 is 0 Å². The fourth-order valence-corrected chi connectivity index (χ4v) is 1.84. The summed E-state index contributed by atoms with van der Waals surface area (Å²) in [5.41, 5.74) is 2.42. The van der Waals surface area contributed by atoms with E-state index in [9.17, 15) is 4.79 Å². The summed E-state index contributed by atoms with van der Waals surface area (Å²) in [6.45, 7) is 8.86. The summed E-state index contributed by atoms with van der Waals surface area (Å²) < 4.78 is 0. The highest BCUT2D eigenvalue weighted by Crippen LogP contribution is 2.08. The first-order valence-electron chi connectivity index (χ1n) is 6.30. The number of rotatable bonds is 5. The molecule has 0 aliphatic rings. The molecule has 3 nitrogen and oxygen atoms in total. The van der Waals surface area contributed by atoms with Crippen molar-refractivity contribution in [2.24, 2.45) is 5.92 Å². The first-order chi connectivity index (χ1) is 8.08. The molecular formula is C14H22N2O. The molecule has 0 saturated carbocycles.